The number of likely N-dealkylation sites (tertiary alicyclic amines) is 1. The molecule has 3 rings (SSSR count). The maximum Gasteiger partial charge on any atom is 0.328 e. The van der Waals surface area contributed by atoms with E-state index in [9.17, 15) is 24.3 Å². The fraction of sp³-hybridized carbons (Fsp3) is 0.545. The van der Waals surface area contributed by atoms with Gasteiger partial charge in [0.25, 0.3) is 0 Å². The Morgan fingerprint density at radius 1 is 1.03 bits per heavy atom. The zero-order chi connectivity index (χ0) is 23.1. The van der Waals surface area contributed by atoms with Gasteiger partial charge in [0.15, 0.2) is 0 Å². The Kier molecular flexibility index (Phi) is 8.18. The molecule has 1 aromatic carbocycles. The summed E-state index contributed by atoms with van der Waals surface area (Å²) in [4.78, 5) is 51.4. The van der Waals surface area contributed by atoms with Crippen molar-refractivity contribution in [3.63, 3.8) is 0 Å². The number of amides is 3. The van der Waals surface area contributed by atoms with Gasteiger partial charge in [0.2, 0.25) is 17.7 Å². The van der Waals surface area contributed by atoms with Gasteiger partial charge in [-0.2, -0.15) is 0 Å². The standard InChI is InChI=1S/C22H30N4O6/c27-13-17(22(31)32)25-20(29)18-9-5-11-26(18)21(30)16(12-14-6-2-1-3-7-14)24-19(28)15-8-4-10-23-15/h1-3,6-7,15-18,23,27H,4-5,8-13H2,(H,24,28)(H,25,29)(H,31,32). The first-order chi connectivity index (χ1) is 15.4. The largest absolute Gasteiger partial charge is 0.480 e. The molecular formula is C22H30N4O6. The summed E-state index contributed by atoms with van der Waals surface area (Å²) in [6.07, 6.45) is 2.82. The highest BCUT2D eigenvalue weighted by molar-refractivity contribution is 5.94. The molecule has 2 aliphatic rings. The molecule has 2 fully saturated rings. The fourth-order valence-electron chi connectivity index (χ4n) is 4.19. The number of hydrogen-bond donors (Lipinski definition) is 5. The quantitative estimate of drug-likeness (QED) is 0.327. The number of hydrogen-bond acceptors (Lipinski definition) is 6. The minimum Gasteiger partial charge on any atom is -0.480 e. The highest BCUT2D eigenvalue weighted by Crippen LogP contribution is 2.20. The fourth-order valence-corrected chi connectivity index (χ4v) is 4.19. The second kappa shape index (κ2) is 11.1. The predicted molar refractivity (Wildman–Crippen MR) is 114 cm³/mol. The maximum atomic E-state index is 13.4. The van der Waals surface area contributed by atoms with E-state index in [2.05, 4.69) is 16.0 Å². The molecule has 3 amide bonds. The average molecular weight is 447 g/mol. The molecule has 2 saturated heterocycles. The molecule has 4 unspecified atom stereocenters. The number of aliphatic carboxylic acids is 1. The topological polar surface area (TPSA) is 148 Å². The molecule has 0 bridgehead atoms. The third kappa shape index (κ3) is 5.83. The van der Waals surface area contributed by atoms with Crippen LogP contribution in [0.5, 0.6) is 0 Å². The van der Waals surface area contributed by atoms with Crippen molar-refractivity contribution in [1.82, 2.24) is 20.9 Å². The number of carboxylic acids is 1. The Bertz CT molecular complexity index is 827. The van der Waals surface area contributed by atoms with Gasteiger partial charge in [-0.3, -0.25) is 14.4 Å². The highest BCUT2D eigenvalue weighted by Gasteiger charge is 2.39. The van der Waals surface area contributed by atoms with Crippen LogP contribution >= 0.6 is 0 Å². The SMILES string of the molecule is O=C(O)C(CO)NC(=O)C1CCCN1C(=O)C(Cc1ccccc1)NC(=O)C1CCCN1. The van der Waals surface area contributed by atoms with Gasteiger partial charge in [0, 0.05) is 13.0 Å². The van der Waals surface area contributed by atoms with E-state index in [1.165, 1.54) is 4.90 Å². The van der Waals surface area contributed by atoms with Crippen LogP contribution in [-0.4, -0.2) is 82.7 Å². The van der Waals surface area contributed by atoms with Crippen LogP contribution in [0.1, 0.15) is 31.2 Å². The average Bonchev–Trinajstić information content (AvgIpc) is 3.49. The lowest BCUT2D eigenvalue weighted by Gasteiger charge is -2.30. The zero-order valence-electron chi connectivity index (χ0n) is 17.8. The summed E-state index contributed by atoms with van der Waals surface area (Å²) in [5.74, 6) is -2.61. The number of aliphatic hydroxyl groups excluding tert-OH is 1. The van der Waals surface area contributed by atoms with E-state index in [4.69, 9.17) is 5.11 Å². The van der Waals surface area contributed by atoms with E-state index in [0.29, 0.717) is 25.8 Å². The van der Waals surface area contributed by atoms with Gasteiger partial charge in [0.05, 0.1) is 12.6 Å². The van der Waals surface area contributed by atoms with Gasteiger partial charge in [-0.05, 0) is 37.8 Å². The number of nitrogens with one attached hydrogen (secondary N) is 3. The summed E-state index contributed by atoms with van der Waals surface area (Å²) < 4.78 is 0. The van der Waals surface area contributed by atoms with E-state index in [1.807, 2.05) is 30.3 Å². The molecule has 0 aliphatic carbocycles. The van der Waals surface area contributed by atoms with Crippen molar-refractivity contribution in [2.45, 2.75) is 56.3 Å². The van der Waals surface area contributed by atoms with E-state index >= 15 is 0 Å². The van der Waals surface area contributed by atoms with Gasteiger partial charge < -0.3 is 31.1 Å². The van der Waals surface area contributed by atoms with E-state index in [0.717, 1.165) is 18.5 Å². The number of rotatable bonds is 9. The highest BCUT2D eigenvalue weighted by atomic mass is 16.4. The Balaban J connectivity index is 1.74. The maximum absolute atomic E-state index is 13.4. The molecule has 2 heterocycles. The lowest BCUT2D eigenvalue weighted by molar-refractivity contribution is -0.145. The number of carbonyl (C=O) groups is 4. The van der Waals surface area contributed by atoms with Crippen LogP contribution in [0.25, 0.3) is 0 Å². The van der Waals surface area contributed by atoms with Crippen LogP contribution in [0.4, 0.5) is 0 Å². The van der Waals surface area contributed by atoms with Crippen LogP contribution in [0.3, 0.4) is 0 Å². The van der Waals surface area contributed by atoms with Crippen molar-refractivity contribution in [1.29, 1.82) is 0 Å². The molecule has 0 spiro atoms. The molecule has 174 valence electrons. The second-order valence-electron chi connectivity index (χ2n) is 8.17. The molecule has 2 aliphatic heterocycles. The third-order valence-corrected chi connectivity index (χ3v) is 5.91. The molecule has 0 saturated carbocycles. The Hall–Kier alpha value is -2.98. The summed E-state index contributed by atoms with van der Waals surface area (Å²) >= 11 is 0. The lowest BCUT2D eigenvalue weighted by Crippen LogP contribution is -2.57. The number of aliphatic hydroxyl groups is 1. The van der Waals surface area contributed by atoms with Crippen LogP contribution in [0.2, 0.25) is 0 Å². The van der Waals surface area contributed by atoms with E-state index < -0.39 is 36.6 Å². The summed E-state index contributed by atoms with van der Waals surface area (Å²) in [5.41, 5.74) is 0.872. The molecule has 1 aromatic rings. The zero-order valence-corrected chi connectivity index (χ0v) is 17.8. The Labute approximate surface area is 186 Å². The minimum absolute atomic E-state index is 0.247. The smallest absolute Gasteiger partial charge is 0.328 e. The number of carbonyl (C=O) groups excluding carboxylic acids is 3. The summed E-state index contributed by atoms with van der Waals surface area (Å²) in [7, 11) is 0. The number of benzene rings is 1. The van der Waals surface area contributed by atoms with Crippen LogP contribution in [0, 0.1) is 0 Å². The van der Waals surface area contributed by atoms with Crippen molar-refractivity contribution in [3.8, 4) is 0 Å². The van der Waals surface area contributed by atoms with Crippen molar-refractivity contribution >= 4 is 23.7 Å². The lowest BCUT2D eigenvalue weighted by atomic mass is 10.0. The molecular weight excluding hydrogens is 416 g/mol. The van der Waals surface area contributed by atoms with Crippen molar-refractivity contribution < 1.29 is 29.4 Å². The normalized spacial score (nSPS) is 22.2. The second-order valence-corrected chi connectivity index (χ2v) is 8.17. The summed E-state index contributed by atoms with van der Waals surface area (Å²) in [6, 6.07) is 5.81. The monoisotopic (exact) mass is 446 g/mol. The van der Waals surface area contributed by atoms with Gasteiger partial charge in [-0.15, -0.1) is 0 Å². The molecule has 5 N–H and O–H groups in total. The van der Waals surface area contributed by atoms with E-state index in [1.54, 1.807) is 0 Å². The number of carboxylic acid groups (broad SMARTS) is 1. The van der Waals surface area contributed by atoms with Gasteiger partial charge in [-0.1, -0.05) is 30.3 Å². The van der Waals surface area contributed by atoms with Crippen LogP contribution < -0.4 is 16.0 Å². The van der Waals surface area contributed by atoms with Gasteiger partial charge in [0.1, 0.15) is 18.1 Å². The predicted octanol–water partition coefficient (Wildman–Crippen LogP) is -0.981. The van der Waals surface area contributed by atoms with Gasteiger partial charge >= 0.3 is 5.97 Å². The van der Waals surface area contributed by atoms with Crippen LogP contribution in [-0.2, 0) is 25.6 Å². The van der Waals surface area contributed by atoms with E-state index in [-0.39, 0.29) is 24.3 Å². The van der Waals surface area contributed by atoms with Crippen molar-refractivity contribution in [2.24, 2.45) is 0 Å². The number of nitrogens with zero attached hydrogens (tertiary/aromatic N) is 1. The van der Waals surface area contributed by atoms with Crippen LogP contribution in [0.15, 0.2) is 30.3 Å². The van der Waals surface area contributed by atoms with Gasteiger partial charge in [-0.25, -0.2) is 4.79 Å². The molecule has 10 nitrogen and oxygen atoms in total. The Morgan fingerprint density at radius 2 is 1.75 bits per heavy atom. The van der Waals surface area contributed by atoms with Crippen molar-refractivity contribution in [2.75, 3.05) is 19.7 Å². The molecule has 0 aromatic heterocycles. The first kappa shape index (κ1) is 23.7. The molecule has 4 atom stereocenters. The summed E-state index contributed by atoms with van der Waals surface area (Å²) in [6.45, 7) is 0.332. The first-order valence-corrected chi connectivity index (χ1v) is 10.9. The van der Waals surface area contributed by atoms with Crippen molar-refractivity contribution in [3.05, 3.63) is 35.9 Å². The first-order valence-electron chi connectivity index (χ1n) is 10.9. The molecule has 10 heteroatoms. The minimum atomic E-state index is -1.44. The summed E-state index contributed by atoms with van der Waals surface area (Å²) in [5, 5.41) is 26.5. The third-order valence-electron chi connectivity index (χ3n) is 5.91. The molecule has 0 radical (unpaired) electrons. The molecule has 32 heavy (non-hydrogen) atoms. The Morgan fingerprint density at radius 3 is 2.38 bits per heavy atom.